The number of ether oxygens (including phenoxy) is 1. The summed E-state index contributed by atoms with van der Waals surface area (Å²) < 4.78 is 4.51. The molecule has 0 aliphatic carbocycles. The van der Waals surface area contributed by atoms with Gasteiger partial charge in [-0.3, -0.25) is 9.59 Å². The highest BCUT2D eigenvalue weighted by Crippen LogP contribution is 2.24. The van der Waals surface area contributed by atoms with Crippen molar-refractivity contribution < 1.29 is 14.3 Å². The largest absolute Gasteiger partial charge is 0.469 e. The lowest BCUT2D eigenvalue weighted by Crippen LogP contribution is -2.26. The summed E-state index contributed by atoms with van der Waals surface area (Å²) in [4.78, 5) is 22.5. The standard InChI is InChI=1S/C14H17Cl2NO3S/c1-20-14(19)3-2-6-17-13(18)9-21-8-10-4-5-11(15)7-12(10)16/h4-5,7H,2-3,6,8-9H2,1H3,(H,17,18). The highest BCUT2D eigenvalue weighted by Gasteiger charge is 2.05. The maximum Gasteiger partial charge on any atom is 0.305 e. The van der Waals surface area contributed by atoms with Crippen molar-refractivity contribution in [3.63, 3.8) is 0 Å². The van der Waals surface area contributed by atoms with Crippen molar-refractivity contribution in [2.75, 3.05) is 19.4 Å². The minimum atomic E-state index is -0.268. The van der Waals surface area contributed by atoms with Gasteiger partial charge in [0.1, 0.15) is 0 Å². The Morgan fingerprint density at radius 2 is 2.10 bits per heavy atom. The van der Waals surface area contributed by atoms with E-state index in [1.165, 1.54) is 18.9 Å². The number of thioether (sulfide) groups is 1. The fourth-order valence-corrected chi connectivity index (χ4v) is 2.92. The van der Waals surface area contributed by atoms with Gasteiger partial charge < -0.3 is 10.1 Å². The van der Waals surface area contributed by atoms with Gasteiger partial charge in [-0.15, -0.1) is 11.8 Å². The molecule has 0 saturated carbocycles. The molecule has 0 atom stereocenters. The lowest BCUT2D eigenvalue weighted by atomic mass is 10.2. The van der Waals surface area contributed by atoms with Crippen molar-refractivity contribution in [2.45, 2.75) is 18.6 Å². The number of hydrogen-bond donors (Lipinski definition) is 1. The van der Waals surface area contributed by atoms with Gasteiger partial charge in [0.05, 0.1) is 12.9 Å². The van der Waals surface area contributed by atoms with Gasteiger partial charge in [0.25, 0.3) is 0 Å². The van der Waals surface area contributed by atoms with Crippen LogP contribution in [0.5, 0.6) is 0 Å². The molecule has 116 valence electrons. The Balaban J connectivity index is 2.17. The summed E-state index contributed by atoms with van der Waals surface area (Å²) in [6, 6.07) is 5.31. The molecule has 0 aliphatic heterocycles. The monoisotopic (exact) mass is 349 g/mol. The molecule has 7 heteroatoms. The number of carbonyl (C=O) groups excluding carboxylic acids is 2. The van der Waals surface area contributed by atoms with Gasteiger partial charge >= 0.3 is 5.97 Å². The number of carbonyl (C=O) groups is 2. The number of halogens is 2. The average Bonchev–Trinajstić information content (AvgIpc) is 2.45. The smallest absolute Gasteiger partial charge is 0.305 e. The fourth-order valence-electron chi connectivity index (χ4n) is 1.51. The number of benzene rings is 1. The lowest BCUT2D eigenvalue weighted by molar-refractivity contribution is -0.140. The minimum Gasteiger partial charge on any atom is -0.469 e. The van der Waals surface area contributed by atoms with E-state index in [0.29, 0.717) is 40.9 Å². The molecule has 1 aromatic rings. The van der Waals surface area contributed by atoms with Crippen molar-refractivity contribution >= 4 is 46.8 Å². The summed E-state index contributed by atoms with van der Waals surface area (Å²) in [6.45, 7) is 0.468. The van der Waals surface area contributed by atoms with E-state index in [2.05, 4.69) is 10.1 Å². The van der Waals surface area contributed by atoms with Crippen molar-refractivity contribution in [3.05, 3.63) is 33.8 Å². The highest BCUT2D eigenvalue weighted by atomic mass is 35.5. The van der Waals surface area contributed by atoms with Crippen LogP contribution in [0.15, 0.2) is 18.2 Å². The number of nitrogens with one attached hydrogen (secondary N) is 1. The van der Waals surface area contributed by atoms with E-state index in [4.69, 9.17) is 23.2 Å². The van der Waals surface area contributed by atoms with Crippen LogP contribution in [0.25, 0.3) is 0 Å². The van der Waals surface area contributed by atoms with Gasteiger partial charge in [-0.25, -0.2) is 0 Å². The molecule has 0 radical (unpaired) electrons. The zero-order valence-corrected chi connectivity index (χ0v) is 14.0. The van der Waals surface area contributed by atoms with Gasteiger partial charge in [0.2, 0.25) is 5.91 Å². The Labute approximate surface area is 138 Å². The maximum absolute atomic E-state index is 11.6. The third-order valence-corrected chi connectivity index (χ3v) is 4.18. The lowest BCUT2D eigenvalue weighted by Gasteiger charge is -2.06. The molecule has 21 heavy (non-hydrogen) atoms. The molecule has 4 nitrogen and oxygen atoms in total. The van der Waals surface area contributed by atoms with Crippen LogP contribution in [0.2, 0.25) is 10.0 Å². The van der Waals surface area contributed by atoms with E-state index >= 15 is 0 Å². The summed E-state index contributed by atoms with van der Waals surface area (Å²) in [5.41, 5.74) is 0.949. The summed E-state index contributed by atoms with van der Waals surface area (Å²) in [7, 11) is 1.35. The topological polar surface area (TPSA) is 55.4 Å². The van der Waals surface area contributed by atoms with Crippen LogP contribution in [0.4, 0.5) is 0 Å². The van der Waals surface area contributed by atoms with Crippen LogP contribution in [-0.2, 0) is 20.1 Å². The molecular formula is C14H17Cl2NO3S. The zero-order valence-electron chi connectivity index (χ0n) is 11.7. The van der Waals surface area contributed by atoms with Crippen molar-refractivity contribution in [3.8, 4) is 0 Å². The van der Waals surface area contributed by atoms with Crippen molar-refractivity contribution in [1.29, 1.82) is 0 Å². The zero-order chi connectivity index (χ0) is 15.7. The first-order chi connectivity index (χ1) is 10.0. The first-order valence-corrected chi connectivity index (χ1v) is 8.29. The van der Waals surface area contributed by atoms with Crippen LogP contribution in [0.1, 0.15) is 18.4 Å². The number of amides is 1. The van der Waals surface area contributed by atoms with Crippen molar-refractivity contribution in [1.82, 2.24) is 5.32 Å². The Kier molecular flexibility index (Phi) is 8.57. The van der Waals surface area contributed by atoms with E-state index in [0.717, 1.165) is 5.56 Å². The Morgan fingerprint density at radius 3 is 2.76 bits per heavy atom. The van der Waals surface area contributed by atoms with Gasteiger partial charge in [-0.05, 0) is 24.1 Å². The number of esters is 1. The quantitative estimate of drug-likeness (QED) is 0.577. The summed E-state index contributed by atoms with van der Waals surface area (Å²) in [5.74, 6) is 0.661. The summed E-state index contributed by atoms with van der Waals surface area (Å²) in [5, 5.41) is 3.95. The molecule has 1 amide bonds. The third-order valence-electron chi connectivity index (χ3n) is 2.61. The number of hydrogen-bond acceptors (Lipinski definition) is 4. The average molecular weight is 350 g/mol. The molecule has 1 N–H and O–H groups in total. The SMILES string of the molecule is COC(=O)CCCNC(=O)CSCc1ccc(Cl)cc1Cl. The predicted octanol–water partition coefficient (Wildman–Crippen LogP) is 3.30. The van der Waals surface area contributed by atoms with Gasteiger partial charge in [0, 0.05) is 28.8 Å². The van der Waals surface area contributed by atoms with Crippen LogP contribution < -0.4 is 5.32 Å². The summed E-state index contributed by atoms with van der Waals surface area (Å²) in [6.07, 6.45) is 0.885. The molecule has 1 aromatic carbocycles. The fraction of sp³-hybridized carbons (Fsp3) is 0.429. The molecule has 0 spiro atoms. The maximum atomic E-state index is 11.6. The second-order valence-corrected chi connectivity index (χ2v) is 6.09. The Morgan fingerprint density at radius 1 is 1.33 bits per heavy atom. The number of methoxy groups -OCH3 is 1. The molecule has 0 aliphatic rings. The normalized spacial score (nSPS) is 10.2. The Hall–Kier alpha value is -0.910. The molecular weight excluding hydrogens is 333 g/mol. The molecule has 1 rings (SSSR count). The molecule has 0 heterocycles. The molecule has 0 aromatic heterocycles. The van der Waals surface area contributed by atoms with Gasteiger partial charge in [-0.2, -0.15) is 0 Å². The van der Waals surface area contributed by atoms with E-state index in [1.807, 2.05) is 6.07 Å². The molecule has 0 saturated heterocycles. The van der Waals surface area contributed by atoms with Crippen LogP contribution in [-0.4, -0.2) is 31.3 Å². The molecule has 0 bridgehead atoms. The van der Waals surface area contributed by atoms with E-state index in [1.54, 1.807) is 12.1 Å². The second kappa shape index (κ2) is 9.92. The van der Waals surface area contributed by atoms with Gasteiger partial charge in [0.15, 0.2) is 0 Å². The molecule has 0 unspecified atom stereocenters. The van der Waals surface area contributed by atoms with Crippen LogP contribution in [0, 0.1) is 0 Å². The van der Waals surface area contributed by atoms with Gasteiger partial charge in [-0.1, -0.05) is 29.3 Å². The van der Waals surface area contributed by atoms with E-state index in [-0.39, 0.29) is 11.9 Å². The predicted molar refractivity (Wildman–Crippen MR) is 86.9 cm³/mol. The van der Waals surface area contributed by atoms with Crippen molar-refractivity contribution in [2.24, 2.45) is 0 Å². The third kappa shape index (κ3) is 7.60. The Bertz CT molecular complexity index is 497. The number of rotatable bonds is 8. The van der Waals surface area contributed by atoms with Crippen LogP contribution >= 0.6 is 35.0 Å². The second-order valence-electron chi connectivity index (χ2n) is 4.26. The minimum absolute atomic E-state index is 0.0602. The van der Waals surface area contributed by atoms with E-state index < -0.39 is 0 Å². The molecule has 0 fully saturated rings. The van der Waals surface area contributed by atoms with Crippen LogP contribution in [0.3, 0.4) is 0 Å². The summed E-state index contributed by atoms with van der Waals surface area (Å²) >= 11 is 13.3. The first kappa shape index (κ1) is 18.1. The van der Waals surface area contributed by atoms with E-state index in [9.17, 15) is 9.59 Å². The highest BCUT2D eigenvalue weighted by molar-refractivity contribution is 7.99. The first-order valence-electron chi connectivity index (χ1n) is 6.38.